The summed E-state index contributed by atoms with van der Waals surface area (Å²) in [6, 6.07) is 10.5. The number of nitrogens with one attached hydrogen (secondary N) is 1. The molecule has 1 amide bonds. The Kier molecular flexibility index (Phi) is 6.63. The fourth-order valence-corrected chi connectivity index (χ4v) is 6.38. The molecule has 170 valence electrons. The van der Waals surface area contributed by atoms with Crippen LogP contribution >= 0.6 is 23.2 Å². The van der Waals surface area contributed by atoms with Crippen molar-refractivity contribution in [2.75, 3.05) is 6.26 Å². The molecular formula is C23H24Cl2N2O4S. The summed E-state index contributed by atoms with van der Waals surface area (Å²) < 4.78 is 26.8. The van der Waals surface area contributed by atoms with Crippen molar-refractivity contribution in [2.24, 2.45) is 0 Å². The maximum atomic E-state index is 13.8. The second-order valence-corrected chi connectivity index (χ2v) is 11.0. The minimum absolute atomic E-state index is 0.234. The molecule has 0 aromatic heterocycles. The molecule has 9 heteroatoms. The van der Waals surface area contributed by atoms with E-state index in [0.717, 1.165) is 25.4 Å². The van der Waals surface area contributed by atoms with Gasteiger partial charge in [-0.3, -0.25) is 4.79 Å². The Hall–Kier alpha value is -1.93. The number of benzene rings is 2. The van der Waals surface area contributed by atoms with E-state index in [2.05, 4.69) is 4.72 Å². The van der Waals surface area contributed by atoms with Gasteiger partial charge in [0.25, 0.3) is 5.91 Å². The largest absolute Gasteiger partial charge is 0.326 e. The van der Waals surface area contributed by atoms with Gasteiger partial charge in [-0.2, -0.15) is 0 Å². The lowest BCUT2D eigenvalue weighted by molar-refractivity contribution is -0.110. The summed E-state index contributed by atoms with van der Waals surface area (Å²) in [6.45, 7) is 0. The lowest BCUT2D eigenvalue weighted by Crippen LogP contribution is -2.58. The predicted molar refractivity (Wildman–Crippen MR) is 125 cm³/mol. The number of hydrogen-bond donors (Lipinski definition) is 1. The Balaban J connectivity index is 1.90. The van der Waals surface area contributed by atoms with Crippen molar-refractivity contribution in [3.63, 3.8) is 0 Å². The highest BCUT2D eigenvalue weighted by molar-refractivity contribution is 7.88. The molecule has 2 aromatic rings. The van der Waals surface area contributed by atoms with E-state index >= 15 is 0 Å². The molecule has 0 bridgehead atoms. The molecule has 4 atom stereocenters. The van der Waals surface area contributed by atoms with E-state index < -0.39 is 34.1 Å². The molecule has 1 aliphatic heterocycles. The van der Waals surface area contributed by atoms with Gasteiger partial charge in [-0.05, 0) is 42.2 Å². The van der Waals surface area contributed by atoms with Crippen LogP contribution < -0.4 is 4.72 Å². The molecule has 2 aromatic carbocycles. The van der Waals surface area contributed by atoms with Crippen LogP contribution in [0.25, 0.3) is 0 Å². The minimum Gasteiger partial charge on any atom is -0.326 e. The van der Waals surface area contributed by atoms with Crippen LogP contribution in [0.15, 0.2) is 42.5 Å². The predicted octanol–water partition coefficient (Wildman–Crippen LogP) is 4.33. The summed E-state index contributed by atoms with van der Waals surface area (Å²) in [5.41, 5.74) is 1.71. The first-order chi connectivity index (χ1) is 15.2. The highest BCUT2D eigenvalue weighted by Crippen LogP contribution is 2.46. The molecule has 1 fully saturated rings. The zero-order valence-electron chi connectivity index (χ0n) is 17.5. The average molecular weight is 495 g/mol. The first-order valence-electron chi connectivity index (χ1n) is 10.5. The van der Waals surface area contributed by atoms with Gasteiger partial charge in [0, 0.05) is 27.7 Å². The summed E-state index contributed by atoms with van der Waals surface area (Å²) in [6.07, 6.45) is 4.89. The zero-order chi connectivity index (χ0) is 23.0. The molecule has 1 saturated carbocycles. The lowest BCUT2D eigenvalue weighted by Gasteiger charge is -2.48. The average Bonchev–Trinajstić information content (AvgIpc) is 2.74. The van der Waals surface area contributed by atoms with Gasteiger partial charge in [-0.25, -0.2) is 13.1 Å². The van der Waals surface area contributed by atoms with E-state index in [1.807, 2.05) is 0 Å². The number of aldehydes is 1. The topological polar surface area (TPSA) is 83.6 Å². The number of amides is 1. The van der Waals surface area contributed by atoms with Crippen LogP contribution in [0.3, 0.4) is 0 Å². The van der Waals surface area contributed by atoms with Crippen molar-refractivity contribution in [1.29, 1.82) is 0 Å². The SMILES string of the molecule is CS(=O)(=O)N[C@@H]1CCCC[C@H]1N1C(=O)c2ccccc2[C@@H](C=O)[C@@H]1c1ccc(Cl)cc1Cl. The van der Waals surface area contributed by atoms with Crippen LogP contribution in [0.4, 0.5) is 0 Å². The van der Waals surface area contributed by atoms with Crippen LogP contribution in [0.1, 0.15) is 59.1 Å². The number of fused-ring (bicyclic) bond motifs is 1. The highest BCUT2D eigenvalue weighted by Gasteiger charge is 2.47. The number of nitrogens with zero attached hydrogens (tertiary/aromatic N) is 1. The monoisotopic (exact) mass is 494 g/mol. The van der Waals surface area contributed by atoms with E-state index in [0.29, 0.717) is 39.6 Å². The van der Waals surface area contributed by atoms with Gasteiger partial charge in [0.1, 0.15) is 6.29 Å². The standard InChI is InChI=1S/C23H24Cl2N2O4S/c1-32(30,31)26-20-8-4-5-9-21(20)27-22(17-11-10-14(24)12-19(17)25)18(13-28)15-6-2-3-7-16(15)23(27)29/h2-3,6-7,10-13,18,20-22,26H,4-5,8-9H2,1H3/t18-,20-,21-,22+/m1/s1. The van der Waals surface area contributed by atoms with Gasteiger partial charge < -0.3 is 9.69 Å². The molecule has 2 aliphatic rings. The molecule has 4 rings (SSSR count). The van der Waals surface area contributed by atoms with E-state index in [4.69, 9.17) is 23.2 Å². The highest BCUT2D eigenvalue weighted by atomic mass is 35.5. The first-order valence-corrected chi connectivity index (χ1v) is 13.1. The Morgan fingerprint density at radius 3 is 2.47 bits per heavy atom. The molecular weight excluding hydrogens is 471 g/mol. The van der Waals surface area contributed by atoms with Crippen molar-refractivity contribution >= 4 is 45.4 Å². The first kappa shape index (κ1) is 23.2. The van der Waals surface area contributed by atoms with Gasteiger partial charge in [-0.1, -0.05) is 60.3 Å². The van der Waals surface area contributed by atoms with Crippen molar-refractivity contribution < 1.29 is 18.0 Å². The van der Waals surface area contributed by atoms with E-state index in [9.17, 15) is 18.0 Å². The van der Waals surface area contributed by atoms with Crippen LogP contribution in [0, 0.1) is 0 Å². The summed E-state index contributed by atoms with van der Waals surface area (Å²) in [5, 5.41) is 0.805. The molecule has 0 radical (unpaired) electrons. The number of hydrogen-bond acceptors (Lipinski definition) is 4. The molecule has 1 heterocycles. The van der Waals surface area contributed by atoms with Gasteiger partial charge in [0.2, 0.25) is 10.0 Å². The van der Waals surface area contributed by atoms with Crippen LogP contribution in [-0.4, -0.2) is 43.9 Å². The molecule has 0 spiro atoms. The number of sulfonamides is 1. The smallest absolute Gasteiger partial charge is 0.255 e. The third kappa shape index (κ3) is 4.44. The second kappa shape index (κ2) is 9.14. The van der Waals surface area contributed by atoms with Crippen molar-refractivity contribution in [3.05, 3.63) is 69.2 Å². The number of halogens is 2. The second-order valence-electron chi connectivity index (χ2n) is 8.42. The number of rotatable bonds is 5. The number of carbonyl (C=O) groups excluding carboxylic acids is 2. The van der Waals surface area contributed by atoms with Crippen molar-refractivity contribution in [2.45, 2.75) is 49.7 Å². The molecule has 1 N–H and O–H groups in total. The summed E-state index contributed by atoms with van der Waals surface area (Å²) in [5.74, 6) is -0.884. The van der Waals surface area contributed by atoms with E-state index in [1.165, 1.54) is 0 Å². The normalized spacial score (nSPS) is 26.0. The molecule has 0 unspecified atom stereocenters. The van der Waals surface area contributed by atoms with Crippen LogP contribution in [0.5, 0.6) is 0 Å². The van der Waals surface area contributed by atoms with Gasteiger partial charge in [0.15, 0.2) is 0 Å². The number of carbonyl (C=O) groups is 2. The Bertz CT molecular complexity index is 1150. The summed E-state index contributed by atoms with van der Waals surface area (Å²) in [4.78, 5) is 27.9. The van der Waals surface area contributed by atoms with Crippen LogP contribution in [0.2, 0.25) is 10.0 Å². The Labute approximate surface area is 197 Å². The molecule has 6 nitrogen and oxygen atoms in total. The van der Waals surface area contributed by atoms with Gasteiger partial charge in [0.05, 0.1) is 18.2 Å². The fraction of sp³-hybridized carbons (Fsp3) is 0.391. The van der Waals surface area contributed by atoms with E-state index in [1.54, 1.807) is 47.4 Å². The van der Waals surface area contributed by atoms with E-state index in [-0.39, 0.29) is 5.91 Å². The fourth-order valence-electron chi connectivity index (χ4n) is 5.04. The maximum Gasteiger partial charge on any atom is 0.255 e. The Morgan fingerprint density at radius 1 is 1.06 bits per heavy atom. The lowest BCUT2D eigenvalue weighted by atomic mass is 9.77. The molecule has 0 saturated heterocycles. The maximum absolute atomic E-state index is 13.8. The molecule has 1 aliphatic carbocycles. The van der Waals surface area contributed by atoms with Gasteiger partial charge in [-0.15, -0.1) is 0 Å². The summed E-state index contributed by atoms with van der Waals surface area (Å²) >= 11 is 12.7. The van der Waals surface area contributed by atoms with Crippen molar-refractivity contribution in [1.82, 2.24) is 9.62 Å². The third-order valence-electron chi connectivity index (χ3n) is 6.30. The van der Waals surface area contributed by atoms with Crippen molar-refractivity contribution in [3.8, 4) is 0 Å². The van der Waals surface area contributed by atoms with Gasteiger partial charge >= 0.3 is 0 Å². The quantitative estimate of drug-likeness (QED) is 0.626. The molecule has 32 heavy (non-hydrogen) atoms. The third-order valence-corrected chi connectivity index (χ3v) is 7.60. The summed E-state index contributed by atoms with van der Waals surface area (Å²) in [7, 11) is -3.49. The zero-order valence-corrected chi connectivity index (χ0v) is 19.8. The Morgan fingerprint density at radius 2 is 1.78 bits per heavy atom. The van der Waals surface area contributed by atoms with Crippen LogP contribution in [-0.2, 0) is 14.8 Å². The minimum atomic E-state index is -3.49.